The van der Waals surface area contributed by atoms with Crippen LogP contribution in [0.25, 0.3) is 11.1 Å². The van der Waals surface area contributed by atoms with Crippen LogP contribution in [-0.4, -0.2) is 4.98 Å². The lowest BCUT2D eigenvalue weighted by molar-refractivity contribution is 0.295. The Morgan fingerprint density at radius 3 is 2.38 bits per heavy atom. The lowest BCUT2D eigenvalue weighted by Gasteiger charge is -2.10. The van der Waals surface area contributed by atoms with Crippen molar-refractivity contribution in [3.8, 4) is 17.0 Å². The molecule has 0 aliphatic carbocycles. The van der Waals surface area contributed by atoms with E-state index < -0.39 is 0 Å². The molecule has 0 N–H and O–H groups in total. The quantitative estimate of drug-likeness (QED) is 0.660. The molecule has 3 heteroatoms. The molecule has 0 aliphatic rings. The average Bonchev–Trinajstić information content (AvgIpc) is 2.55. The number of ether oxygens (including phenoxy) is 1. The van der Waals surface area contributed by atoms with Gasteiger partial charge in [0.05, 0.1) is 0 Å². The van der Waals surface area contributed by atoms with Crippen molar-refractivity contribution in [1.82, 2.24) is 4.98 Å². The van der Waals surface area contributed by atoms with Crippen LogP contribution in [0.15, 0.2) is 77.4 Å². The van der Waals surface area contributed by atoms with Crippen molar-refractivity contribution in [2.75, 3.05) is 0 Å². The number of hydrogen-bond donors (Lipinski definition) is 0. The van der Waals surface area contributed by atoms with Crippen LogP contribution >= 0.6 is 15.9 Å². The minimum Gasteiger partial charge on any atom is -0.472 e. The van der Waals surface area contributed by atoms with Crippen molar-refractivity contribution in [2.24, 2.45) is 0 Å². The Morgan fingerprint density at radius 1 is 0.857 bits per heavy atom. The van der Waals surface area contributed by atoms with Crippen molar-refractivity contribution in [3.63, 3.8) is 0 Å². The van der Waals surface area contributed by atoms with E-state index in [1.807, 2.05) is 54.6 Å². The van der Waals surface area contributed by atoms with Gasteiger partial charge >= 0.3 is 0 Å². The summed E-state index contributed by atoms with van der Waals surface area (Å²) in [5, 5.41) is 0. The Bertz CT molecular complexity index is 711. The first kappa shape index (κ1) is 13.8. The topological polar surface area (TPSA) is 22.1 Å². The molecule has 21 heavy (non-hydrogen) atoms. The van der Waals surface area contributed by atoms with E-state index >= 15 is 0 Å². The zero-order valence-electron chi connectivity index (χ0n) is 11.4. The summed E-state index contributed by atoms with van der Waals surface area (Å²) in [6.07, 6.45) is 1.75. The fourth-order valence-corrected chi connectivity index (χ4v) is 2.35. The normalized spacial score (nSPS) is 10.3. The number of nitrogens with zero attached hydrogens (tertiary/aromatic N) is 1. The van der Waals surface area contributed by atoms with Crippen LogP contribution in [0.1, 0.15) is 5.56 Å². The van der Waals surface area contributed by atoms with E-state index in [4.69, 9.17) is 4.74 Å². The molecule has 3 rings (SSSR count). The van der Waals surface area contributed by atoms with Gasteiger partial charge in [-0.1, -0.05) is 58.4 Å². The molecule has 0 bridgehead atoms. The van der Waals surface area contributed by atoms with Gasteiger partial charge in [-0.25, -0.2) is 4.98 Å². The number of benzene rings is 2. The molecule has 2 aromatic carbocycles. The number of rotatable bonds is 4. The molecular formula is C18H14BrNO. The molecule has 1 aromatic heterocycles. The molecule has 0 radical (unpaired) electrons. The third-order valence-corrected chi connectivity index (χ3v) is 3.67. The van der Waals surface area contributed by atoms with Crippen LogP contribution < -0.4 is 4.74 Å². The Morgan fingerprint density at radius 2 is 1.62 bits per heavy atom. The van der Waals surface area contributed by atoms with E-state index in [1.165, 1.54) is 0 Å². The molecule has 0 amide bonds. The van der Waals surface area contributed by atoms with E-state index in [0.29, 0.717) is 12.5 Å². The largest absolute Gasteiger partial charge is 0.472 e. The minimum absolute atomic E-state index is 0.515. The van der Waals surface area contributed by atoms with E-state index in [9.17, 15) is 0 Å². The van der Waals surface area contributed by atoms with Crippen molar-refractivity contribution in [3.05, 3.63) is 83.0 Å². The standard InChI is InChI=1S/C18H14BrNO/c19-16-10-8-15(9-11-16)17-7-4-12-20-18(17)21-13-14-5-2-1-3-6-14/h1-12H,13H2. The van der Waals surface area contributed by atoms with Crippen LogP contribution in [0.3, 0.4) is 0 Å². The number of hydrogen-bond acceptors (Lipinski definition) is 2. The van der Waals surface area contributed by atoms with Crippen molar-refractivity contribution >= 4 is 15.9 Å². The van der Waals surface area contributed by atoms with Gasteiger partial charge in [0.25, 0.3) is 0 Å². The van der Waals surface area contributed by atoms with Crippen LogP contribution in [0.5, 0.6) is 5.88 Å². The Balaban J connectivity index is 1.84. The molecule has 2 nitrogen and oxygen atoms in total. The van der Waals surface area contributed by atoms with E-state index in [0.717, 1.165) is 21.2 Å². The highest BCUT2D eigenvalue weighted by Gasteiger charge is 2.07. The van der Waals surface area contributed by atoms with Gasteiger partial charge in [0.2, 0.25) is 5.88 Å². The lowest BCUT2D eigenvalue weighted by Crippen LogP contribution is -1.98. The van der Waals surface area contributed by atoms with E-state index in [2.05, 4.69) is 33.0 Å². The molecule has 0 spiro atoms. The molecule has 0 unspecified atom stereocenters. The summed E-state index contributed by atoms with van der Waals surface area (Å²) in [4.78, 5) is 4.36. The molecule has 0 fully saturated rings. The van der Waals surface area contributed by atoms with Crippen molar-refractivity contribution in [1.29, 1.82) is 0 Å². The maximum Gasteiger partial charge on any atom is 0.221 e. The first-order valence-electron chi connectivity index (χ1n) is 6.70. The average molecular weight is 340 g/mol. The molecular weight excluding hydrogens is 326 g/mol. The maximum atomic E-state index is 5.89. The smallest absolute Gasteiger partial charge is 0.221 e. The Hall–Kier alpha value is -2.13. The molecule has 1 heterocycles. The van der Waals surface area contributed by atoms with Crippen LogP contribution in [0.2, 0.25) is 0 Å². The van der Waals surface area contributed by atoms with Gasteiger partial charge in [0, 0.05) is 16.2 Å². The highest BCUT2D eigenvalue weighted by atomic mass is 79.9. The van der Waals surface area contributed by atoms with Gasteiger partial charge in [-0.05, 0) is 35.4 Å². The van der Waals surface area contributed by atoms with E-state index in [1.54, 1.807) is 6.20 Å². The van der Waals surface area contributed by atoms with Gasteiger partial charge in [-0.3, -0.25) is 0 Å². The zero-order chi connectivity index (χ0) is 14.5. The second-order valence-corrected chi connectivity index (χ2v) is 5.55. The van der Waals surface area contributed by atoms with Gasteiger partial charge in [-0.2, -0.15) is 0 Å². The summed E-state index contributed by atoms with van der Waals surface area (Å²) in [7, 11) is 0. The zero-order valence-corrected chi connectivity index (χ0v) is 13.0. The van der Waals surface area contributed by atoms with Gasteiger partial charge in [0.1, 0.15) is 6.61 Å². The number of aromatic nitrogens is 1. The fourth-order valence-electron chi connectivity index (χ4n) is 2.08. The fraction of sp³-hybridized carbons (Fsp3) is 0.0556. The van der Waals surface area contributed by atoms with Gasteiger partial charge in [0.15, 0.2) is 0 Å². The Kier molecular flexibility index (Phi) is 4.31. The SMILES string of the molecule is Brc1ccc(-c2cccnc2OCc2ccccc2)cc1. The van der Waals surface area contributed by atoms with Crippen molar-refractivity contribution in [2.45, 2.75) is 6.61 Å². The summed E-state index contributed by atoms with van der Waals surface area (Å²) >= 11 is 3.45. The maximum absolute atomic E-state index is 5.89. The molecule has 0 atom stereocenters. The lowest BCUT2D eigenvalue weighted by atomic mass is 10.1. The highest BCUT2D eigenvalue weighted by molar-refractivity contribution is 9.10. The third-order valence-electron chi connectivity index (χ3n) is 3.14. The molecule has 0 saturated heterocycles. The summed E-state index contributed by atoms with van der Waals surface area (Å²) in [5.74, 6) is 0.656. The summed E-state index contributed by atoms with van der Waals surface area (Å²) in [6.45, 7) is 0.515. The van der Waals surface area contributed by atoms with E-state index in [-0.39, 0.29) is 0 Å². The molecule has 3 aromatic rings. The molecule has 0 saturated carbocycles. The number of pyridine rings is 1. The summed E-state index contributed by atoms with van der Waals surface area (Å²) < 4.78 is 6.94. The monoisotopic (exact) mass is 339 g/mol. The van der Waals surface area contributed by atoms with Crippen LogP contribution in [0.4, 0.5) is 0 Å². The second-order valence-electron chi connectivity index (χ2n) is 4.64. The van der Waals surface area contributed by atoms with Gasteiger partial charge in [-0.15, -0.1) is 0 Å². The number of halogens is 1. The predicted octanol–water partition coefficient (Wildman–Crippen LogP) is 5.09. The highest BCUT2D eigenvalue weighted by Crippen LogP contribution is 2.29. The summed E-state index contributed by atoms with van der Waals surface area (Å²) in [5.41, 5.74) is 3.22. The molecule has 0 aliphatic heterocycles. The van der Waals surface area contributed by atoms with Gasteiger partial charge < -0.3 is 4.74 Å². The third kappa shape index (κ3) is 3.50. The van der Waals surface area contributed by atoms with Crippen molar-refractivity contribution < 1.29 is 4.74 Å². The minimum atomic E-state index is 0.515. The van der Waals surface area contributed by atoms with Crippen LogP contribution in [0, 0.1) is 0 Å². The predicted molar refractivity (Wildman–Crippen MR) is 88.1 cm³/mol. The second kappa shape index (κ2) is 6.55. The first-order chi connectivity index (χ1) is 10.3. The summed E-state index contributed by atoms with van der Waals surface area (Å²) in [6, 6.07) is 22.2. The molecule has 104 valence electrons. The Labute approximate surface area is 132 Å². The first-order valence-corrected chi connectivity index (χ1v) is 7.50. The van der Waals surface area contributed by atoms with Crippen LogP contribution in [-0.2, 0) is 6.61 Å².